The highest BCUT2D eigenvalue weighted by atomic mass is 16.5. The number of nitrogens with zero attached hydrogens (tertiary/aromatic N) is 4. The van der Waals surface area contributed by atoms with E-state index >= 15 is 0 Å². The molecular formula is C26H29N5O2. The number of para-hydroxylation sites is 1. The van der Waals surface area contributed by atoms with Crippen molar-refractivity contribution in [3.63, 3.8) is 0 Å². The molecule has 2 fully saturated rings. The number of likely N-dealkylation sites (N-methyl/N-ethyl adjacent to an activating group) is 1. The summed E-state index contributed by atoms with van der Waals surface area (Å²) in [5.74, 6) is 6.62. The zero-order valence-corrected chi connectivity index (χ0v) is 19.2. The van der Waals surface area contributed by atoms with E-state index in [9.17, 15) is 4.79 Å². The van der Waals surface area contributed by atoms with E-state index in [1.165, 1.54) is 0 Å². The van der Waals surface area contributed by atoms with Gasteiger partial charge < -0.3 is 19.4 Å². The van der Waals surface area contributed by atoms with Gasteiger partial charge >= 0.3 is 0 Å². The Morgan fingerprint density at radius 2 is 1.94 bits per heavy atom. The maximum atomic E-state index is 13.1. The van der Waals surface area contributed by atoms with E-state index in [-0.39, 0.29) is 5.91 Å². The van der Waals surface area contributed by atoms with Gasteiger partial charge in [0.1, 0.15) is 5.69 Å². The predicted octanol–water partition coefficient (Wildman–Crippen LogP) is 2.58. The zero-order chi connectivity index (χ0) is 22.8. The molecule has 3 aromatic rings. The Hall–Kier alpha value is -3.34. The monoisotopic (exact) mass is 443 g/mol. The van der Waals surface area contributed by atoms with Crippen LogP contribution >= 0.6 is 0 Å². The summed E-state index contributed by atoms with van der Waals surface area (Å²) in [6, 6.07) is 14.3. The average molecular weight is 444 g/mol. The minimum absolute atomic E-state index is 0.0685. The first-order valence-corrected chi connectivity index (χ1v) is 11.5. The smallest absolute Gasteiger partial charge is 0.253 e. The minimum Gasteiger partial charge on any atom is -0.378 e. The predicted molar refractivity (Wildman–Crippen MR) is 130 cm³/mol. The van der Waals surface area contributed by atoms with E-state index in [1.54, 1.807) is 0 Å². The topological polar surface area (TPSA) is 64.7 Å². The van der Waals surface area contributed by atoms with Gasteiger partial charge in [-0.25, -0.2) is 0 Å². The lowest BCUT2D eigenvalue weighted by atomic mass is 10.1. The third kappa shape index (κ3) is 4.45. The van der Waals surface area contributed by atoms with Crippen molar-refractivity contribution in [1.29, 1.82) is 0 Å². The summed E-state index contributed by atoms with van der Waals surface area (Å²) in [5, 5.41) is 8.35. The largest absolute Gasteiger partial charge is 0.378 e. The first kappa shape index (κ1) is 21.5. The molecule has 2 aromatic carbocycles. The van der Waals surface area contributed by atoms with Crippen molar-refractivity contribution in [3.8, 4) is 11.8 Å². The summed E-state index contributed by atoms with van der Waals surface area (Å²) < 4.78 is 5.49. The Morgan fingerprint density at radius 1 is 1.12 bits per heavy atom. The number of rotatable bonds is 3. The third-order valence-corrected chi connectivity index (χ3v) is 6.56. The van der Waals surface area contributed by atoms with Crippen LogP contribution < -0.4 is 4.90 Å². The number of benzene rings is 2. The van der Waals surface area contributed by atoms with Crippen LogP contribution in [0.4, 0.5) is 5.69 Å². The molecule has 0 bridgehead atoms. The van der Waals surface area contributed by atoms with Gasteiger partial charge in [-0.05, 0) is 56.8 Å². The molecule has 0 aliphatic carbocycles. The van der Waals surface area contributed by atoms with Crippen LogP contribution in [0.25, 0.3) is 10.9 Å². The van der Waals surface area contributed by atoms with Gasteiger partial charge in [-0.15, -0.1) is 0 Å². The van der Waals surface area contributed by atoms with Crippen LogP contribution in [0.3, 0.4) is 0 Å². The van der Waals surface area contributed by atoms with Crippen molar-refractivity contribution in [1.82, 2.24) is 20.0 Å². The van der Waals surface area contributed by atoms with Crippen LogP contribution in [0.1, 0.15) is 28.0 Å². The average Bonchev–Trinajstić information content (AvgIpc) is 3.50. The molecule has 2 aliphatic rings. The number of hydrogen-bond donors (Lipinski definition) is 1. The van der Waals surface area contributed by atoms with Crippen LogP contribution in [0, 0.1) is 11.8 Å². The highest BCUT2D eigenvalue weighted by molar-refractivity contribution is 5.99. The third-order valence-electron chi connectivity index (χ3n) is 6.56. The van der Waals surface area contributed by atoms with Gasteiger partial charge in [0.25, 0.3) is 5.91 Å². The van der Waals surface area contributed by atoms with Crippen LogP contribution in [0.15, 0.2) is 42.5 Å². The Labute approximate surface area is 194 Å². The Balaban J connectivity index is 1.41. The van der Waals surface area contributed by atoms with Crippen molar-refractivity contribution >= 4 is 22.5 Å². The molecule has 3 heterocycles. The van der Waals surface area contributed by atoms with Crippen LogP contribution in [-0.2, 0) is 4.74 Å². The van der Waals surface area contributed by atoms with E-state index in [1.807, 2.05) is 41.3 Å². The van der Waals surface area contributed by atoms with Crippen molar-refractivity contribution in [2.75, 3.05) is 58.4 Å². The van der Waals surface area contributed by atoms with Crippen molar-refractivity contribution < 1.29 is 9.53 Å². The number of H-pyrrole nitrogens is 1. The molecule has 2 aliphatic heterocycles. The highest BCUT2D eigenvalue weighted by Crippen LogP contribution is 2.23. The molecule has 0 spiro atoms. The molecule has 1 amide bonds. The summed E-state index contributed by atoms with van der Waals surface area (Å²) in [4.78, 5) is 19.6. The van der Waals surface area contributed by atoms with Gasteiger partial charge in [0.05, 0.1) is 24.4 Å². The molecule has 1 atom stereocenters. The number of likely N-dealkylation sites (tertiary alicyclic amines) is 1. The standard InChI is InChI=1S/C26H29N5O2/c1-29(2)21-11-12-31(18-21)26(32)20-8-10-24-22(17-20)23(27-28-24)9-7-19-5-3-4-6-25(19)30-13-15-33-16-14-30/h3-6,8,10,17,21H,11-16,18H2,1-2H3,(H,27,28)/t21-/m1/s1. The molecule has 1 aromatic heterocycles. The van der Waals surface area contributed by atoms with E-state index in [0.717, 1.165) is 68.0 Å². The second-order valence-electron chi connectivity index (χ2n) is 8.86. The number of anilines is 1. The number of ether oxygens (including phenoxy) is 1. The fourth-order valence-corrected chi connectivity index (χ4v) is 4.56. The molecule has 7 nitrogen and oxygen atoms in total. The van der Waals surface area contributed by atoms with Gasteiger partial charge in [-0.2, -0.15) is 5.10 Å². The fourth-order valence-electron chi connectivity index (χ4n) is 4.56. The number of fused-ring (bicyclic) bond motifs is 1. The molecule has 2 saturated heterocycles. The number of carbonyl (C=O) groups excluding carboxylic acids is 1. The summed E-state index contributed by atoms with van der Waals surface area (Å²) >= 11 is 0. The molecular weight excluding hydrogens is 414 g/mol. The second-order valence-corrected chi connectivity index (χ2v) is 8.86. The van der Waals surface area contributed by atoms with Crippen molar-refractivity contribution in [3.05, 3.63) is 59.3 Å². The minimum atomic E-state index is 0.0685. The van der Waals surface area contributed by atoms with Gasteiger partial charge in [0.15, 0.2) is 0 Å². The first-order chi connectivity index (χ1) is 16.1. The number of morpholine rings is 1. The van der Waals surface area contributed by atoms with E-state index in [0.29, 0.717) is 17.3 Å². The number of nitrogens with one attached hydrogen (secondary N) is 1. The molecule has 170 valence electrons. The fraction of sp³-hybridized carbons (Fsp3) is 0.385. The number of aromatic nitrogens is 2. The maximum absolute atomic E-state index is 13.1. The lowest BCUT2D eigenvalue weighted by Gasteiger charge is -2.29. The van der Waals surface area contributed by atoms with Crippen molar-refractivity contribution in [2.45, 2.75) is 12.5 Å². The second kappa shape index (κ2) is 9.26. The molecule has 33 heavy (non-hydrogen) atoms. The van der Waals surface area contributed by atoms with Crippen LogP contribution in [-0.4, -0.2) is 85.4 Å². The molecule has 0 saturated carbocycles. The van der Waals surface area contributed by atoms with Gasteiger partial charge in [-0.3, -0.25) is 9.89 Å². The Kier molecular flexibility index (Phi) is 6.03. The molecule has 0 unspecified atom stereocenters. The summed E-state index contributed by atoms with van der Waals surface area (Å²) in [6.45, 7) is 4.74. The highest BCUT2D eigenvalue weighted by Gasteiger charge is 2.28. The molecule has 7 heteroatoms. The number of carbonyl (C=O) groups is 1. The van der Waals surface area contributed by atoms with Gasteiger partial charge in [0.2, 0.25) is 0 Å². The Morgan fingerprint density at radius 3 is 2.73 bits per heavy atom. The lowest BCUT2D eigenvalue weighted by Crippen LogP contribution is -2.36. The Bertz CT molecular complexity index is 1220. The van der Waals surface area contributed by atoms with Crippen LogP contribution in [0.2, 0.25) is 0 Å². The molecule has 1 N–H and O–H groups in total. The SMILES string of the molecule is CN(C)[C@@H]1CCN(C(=O)c2ccc3[nH]nc(C#Cc4ccccc4N4CCOCC4)c3c2)C1. The summed E-state index contributed by atoms with van der Waals surface area (Å²) in [6.07, 6.45) is 1.01. The van der Waals surface area contributed by atoms with E-state index in [4.69, 9.17) is 4.74 Å². The lowest BCUT2D eigenvalue weighted by molar-refractivity contribution is 0.0783. The summed E-state index contributed by atoms with van der Waals surface area (Å²) in [7, 11) is 4.14. The number of hydrogen-bond acceptors (Lipinski definition) is 5. The van der Waals surface area contributed by atoms with Crippen molar-refractivity contribution in [2.24, 2.45) is 0 Å². The van der Waals surface area contributed by atoms with Gasteiger partial charge in [-0.1, -0.05) is 18.1 Å². The van der Waals surface area contributed by atoms with E-state index in [2.05, 4.69) is 52.0 Å². The van der Waals surface area contributed by atoms with Gasteiger partial charge in [0, 0.05) is 48.7 Å². The number of aromatic amines is 1. The summed E-state index contributed by atoms with van der Waals surface area (Å²) in [5.41, 5.74) is 4.30. The number of amides is 1. The maximum Gasteiger partial charge on any atom is 0.253 e. The zero-order valence-electron chi connectivity index (χ0n) is 19.2. The first-order valence-electron chi connectivity index (χ1n) is 11.5. The quantitative estimate of drug-likeness (QED) is 0.631. The van der Waals surface area contributed by atoms with E-state index < -0.39 is 0 Å². The molecule has 5 rings (SSSR count). The van der Waals surface area contributed by atoms with Crippen LogP contribution in [0.5, 0.6) is 0 Å². The normalized spacial score (nSPS) is 18.6. The molecule has 0 radical (unpaired) electrons.